The second kappa shape index (κ2) is 36.5. The predicted molar refractivity (Wildman–Crippen MR) is 230 cm³/mol. The molecule has 58 heavy (non-hydrogen) atoms. The molecular weight excluding hydrogens is 763 g/mol. The number of rotatable bonds is 39. The van der Waals surface area contributed by atoms with Crippen LogP contribution in [0.15, 0.2) is 24.3 Å². The molecule has 6 atom stereocenters. The maximum absolute atomic E-state index is 12.8. The zero-order chi connectivity index (χ0) is 42.7. The Bertz CT molecular complexity index is 1060. The molecule has 6 unspecified atom stereocenters. The maximum Gasteiger partial charge on any atom is 0.472 e. The molecule has 0 aromatic heterocycles. The average Bonchev–Trinajstić information content (AvgIpc) is 3.21. The fourth-order valence-corrected chi connectivity index (χ4v) is 8.07. The molecular formula is C45H85O12P. The lowest BCUT2D eigenvalue weighted by molar-refractivity contribution is -0.220. The van der Waals surface area contributed by atoms with Crippen LogP contribution in [-0.2, 0) is 27.9 Å². The molecule has 0 aromatic rings. The van der Waals surface area contributed by atoms with Crippen molar-refractivity contribution in [2.45, 2.75) is 236 Å². The molecule has 1 aliphatic carbocycles. The number of aliphatic hydroxyl groups is 5. The highest BCUT2D eigenvalue weighted by atomic mass is 31.2. The topological polar surface area (TPSA) is 192 Å². The molecule has 1 fully saturated rings. The molecule has 1 aliphatic rings. The Labute approximate surface area is 351 Å². The summed E-state index contributed by atoms with van der Waals surface area (Å²) in [5.74, 6) is -0.479. The number of allylic oxidation sites excluding steroid dienone is 4. The highest BCUT2D eigenvalue weighted by Gasteiger charge is 2.51. The quantitative estimate of drug-likeness (QED) is 0.0149. The van der Waals surface area contributed by atoms with Crippen molar-refractivity contribution in [2.24, 2.45) is 0 Å². The van der Waals surface area contributed by atoms with Gasteiger partial charge in [-0.3, -0.25) is 13.8 Å². The number of carbonyl (C=O) groups is 1. The Balaban J connectivity index is 2.39. The van der Waals surface area contributed by atoms with Crippen molar-refractivity contribution in [3.8, 4) is 0 Å². The molecule has 342 valence electrons. The maximum atomic E-state index is 12.8. The van der Waals surface area contributed by atoms with E-state index in [1.807, 2.05) is 0 Å². The van der Waals surface area contributed by atoms with Crippen molar-refractivity contribution in [1.82, 2.24) is 0 Å². The lowest BCUT2D eigenvalue weighted by Crippen LogP contribution is -2.64. The van der Waals surface area contributed by atoms with Gasteiger partial charge in [-0.05, 0) is 38.5 Å². The van der Waals surface area contributed by atoms with Crippen LogP contribution in [0.2, 0.25) is 0 Å². The third-order valence-electron chi connectivity index (χ3n) is 10.8. The first-order chi connectivity index (χ1) is 28.0. The van der Waals surface area contributed by atoms with Crippen LogP contribution in [0.1, 0.15) is 194 Å². The number of unbranched alkanes of at least 4 members (excludes halogenated alkanes) is 23. The predicted octanol–water partition coefficient (Wildman–Crippen LogP) is 9.31. The van der Waals surface area contributed by atoms with E-state index in [1.54, 1.807) is 0 Å². The Kier molecular flexibility index (Phi) is 34.5. The van der Waals surface area contributed by atoms with E-state index >= 15 is 0 Å². The molecule has 12 nitrogen and oxygen atoms in total. The molecule has 0 aliphatic heterocycles. The minimum Gasteiger partial charge on any atom is -0.457 e. The molecule has 0 amide bonds. The van der Waals surface area contributed by atoms with Gasteiger partial charge in [0.25, 0.3) is 0 Å². The Hall–Kier alpha value is -1.18. The van der Waals surface area contributed by atoms with Crippen molar-refractivity contribution < 1.29 is 58.3 Å². The first-order valence-electron chi connectivity index (χ1n) is 23.2. The van der Waals surface area contributed by atoms with E-state index in [4.69, 9.17) is 18.5 Å². The fraction of sp³-hybridized carbons (Fsp3) is 0.889. The van der Waals surface area contributed by atoms with Crippen LogP contribution in [0.5, 0.6) is 0 Å². The molecule has 1 saturated carbocycles. The lowest BCUT2D eigenvalue weighted by atomic mass is 9.85. The van der Waals surface area contributed by atoms with Crippen LogP contribution in [0.25, 0.3) is 0 Å². The van der Waals surface area contributed by atoms with E-state index in [-0.39, 0.29) is 13.0 Å². The number of carbonyl (C=O) groups excluding carboxylic acids is 1. The van der Waals surface area contributed by atoms with E-state index < -0.39 is 63.1 Å². The summed E-state index contributed by atoms with van der Waals surface area (Å²) in [6, 6.07) is 0. The van der Waals surface area contributed by atoms with Crippen molar-refractivity contribution >= 4 is 13.8 Å². The van der Waals surface area contributed by atoms with Crippen LogP contribution in [0.4, 0.5) is 0 Å². The number of phosphoric acid groups is 1. The van der Waals surface area contributed by atoms with E-state index in [2.05, 4.69) is 38.2 Å². The Morgan fingerprint density at radius 2 is 1.00 bits per heavy atom. The minimum absolute atomic E-state index is 0.0803. The zero-order valence-corrected chi connectivity index (χ0v) is 37.2. The smallest absolute Gasteiger partial charge is 0.457 e. The van der Waals surface area contributed by atoms with Crippen LogP contribution >= 0.6 is 7.82 Å². The minimum atomic E-state index is -5.02. The van der Waals surface area contributed by atoms with Gasteiger partial charge in [0.1, 0.15) is 42.7 Å². The highest BCUT2D eigenvalue weighted by Crippen LogP contribution is 2.47. The first-order valence-corrected chi connectivity index (χ1v) is 24.7. The number of hydrogen-bond acceptors (Lipinski definition) is 11. The summed E-state index contributed by atoms with van der Waals surface area (Å²) in [7, 11) is -5.02. The van der Waals surface area contributed by atoms with Gasteiger partial charge < -0.3 is 39.9 Å². The largest absolute Gasteiger partial charge is 0.472 e. The van der Waals surface area contributed by atoms with Gasteiger partial charge in [-0.1, -0.05) is 173 Å². The molecule has 0 saturated heterocycles. The molecule has 6 N–H and O–H groups in total. The van der Waals surface area contributed by atoms with E-state index in [0.717, 1.165) is 64.2 Å². The molecule has 0 spiro atoms. The molecule has 0 bridgehead atoms. The monoisotopic (exact) mass is 849 g/mol. The number of esters is 1. The summed E-state index contributed by atoms with van der Waals surface area (Å²) in [6.07, 6.45) is 28.2. The van der Waals surface area contributed by atoms with Gasteiger partial charge in [-0.25, -0.2) is 4.57 Å². The summed E-state index contributed by atoms with van der Waals surface area (Å²) in [5.41, 5.74) is 0. The summed E-state index contributed by atoms with van der Waals surface area (Å²) in [4.78, 5) is 23.1. The van der Waals surface area contributed by atoms with Gasteiger partial charge in [0.2, 0.25) is 0 Å². The SMILES string of the molecule is CCC/C=C\C/C=C\CCCCCCCCOCC(COP(=O)(O)OC1C(O)C(O)C(O)C(O)C1O)OC(=O)CCCCCCCCCCCCCCCCCCC. The van der Waals surface area contributed by atoms with Crippen molar-refractivity contribution in [1.29, 1.82) is 0 Å². The van der Waals surface area contributed by atoms with Gasteiger partial charge in [0.05, 0.1) is 13.2 Å². The van der Waals surface area contributed by atoms with Crippen LogP contribution in [0, 0.1) is 0 Å². The van der Waals surface area contributed by atoms with Crippen molar-refractivity contribution in [2.75, 3.05) is 19.8 Å². The Morgan fingerprint density at radius 1 is 0.552 bits per heavy atom. The van der Waals surface area contributed by atoms with Crippen LogP contribution in [0.3, 0.4) is 0 Å². The molecule has 1 rings (SSSR count). The van der Waals surface area contributed by atoms with E-state index in [9.17, 15) is 39.8 Å². The summed E-state index contributed by atoms with van der Waals surface area (Å²) in [5, 5.41) is 50.1. The number of phosphoric ester groups is 1. The molecule has 0 radical (unpaired) electrons. The van der Waals surface area contributed by atoms with Crippen LogP contribution < -0.4 is 0 Å². The first kappa shape index (κ1) is 54.8. The Morgan fingerprint density at radius 3 is 1.52 bits per heavy atom. The average molecular weight is 849 g/mol. The summed E-state index contributed by atoms with van der Waals surface area (Å²) >= 11 is 0. The van der Waals surface area contributed by atoms with Crippen LogP contribution in [-0.4, -0.2) is 98.9 Å². The third-order valence-corrected chi connectivity index (χ3v) is 11.8. The number of hydrogen-bond donors (Lipinski definition) is 6. The standard InChI is InChI=1S/C45H85O12P/c1-3-5-7-9-11-13-15-17-19-20-21-22-24-26-28-30-32-34-39(46)56-38(36-54-35-33-31-29-27-25-23-18-16-14-12-10-8-6-4-2)37-55-58(52,53)57-45-43(50)41(48)40(47)42(49)44(45)51/h8,10,14,16,38,40-45,47-51H,3-7,9,11-13,15,17-37H2,1-2H3,(H,52,53)/b10-8-,16-14-. The molecule has 0 heterocycles. The van der Waals surface area contributed by atoms with Crippen molar-refractivity contribution in [3.05, 3.63) is 24.3 Å². The van der Waals surface area contributed by atoms with E-state index in [0.29, 0.717) is 13.0 Å². The number of aliphatic hydroxyl groups excluding tert-OH is 5. The second-order valence-corrected chi connectivity index (χ2v) is 17.7. The fourth-order valence-electron chi connectivity index (χ4n) is 7.10. The number of ether oxygens (including phenoxy) is 2. The zero-order valence-electron chi connectivity index (χ0n) is 36.4. The van der Waals surface area contributed by atoms with Gasteiger partial charge >= 0.3 is 13.8 Å². The van der Waals surface area contributed by atoms with Gasteiger partial charge in [0, 0.05) is 13.0 Å². The molecule has 0 aromatic carbocycles. The molecule has 13 heteroatoms. The summed E-state index contributed by atoms with van der Waals surface area (Å²) < 4.78 is 34.2. The van der Waals surface area contributed by atoms with Crippen molar-refractivity contribution in [3.63, 3.8) is 0 Å². The lowest BCUT2D eigenvalue weighted by Gasteiger charge is -2.41. The van der Waals surface area contributed by atoms with Gasteiger partial charge in [0.15, 0.2) is 0 Å². The normalized spacial score (nSPS) is 22.8. The second-order valence-electron chi connectivity index (χ2n) is 16.3. The highest BCUT2D eigenvalue weighted by molar-refractivity contribution is 7.47. The van der Waals surface area contributed by atoms with Gasteiger partial charge in [-0.15, -0.1) is 0 Å². The van der Waals surface area contributed by atoms with Gasteiger partial charge in [-0.2, -0.15) is 0 Å². The van der Waals surface area contributed by atoms with E-state index in [1.165, 1.54) is 103 Å². The third kappa shape index (κ3) is 28.4. The summed E-state index contributed by atoms with van der Waals surface area (Å²) in [6.45, 7) is 4.19.